The second-order valence-electron chi connectivity index (χ2n) is 5.98. The van der Waals surface area contributed by atoms with E-state index in [-0.39, 0.29) is 27.0 Å². The Morgan fingerprint density at radius 3 is 2.54 bits per heavy atom. The Balaban J connectivity index is 2.06. The van der Waals surface area contributed by atoms with Crippen LogP contribution < -0.4 is 0 Å². The number of Topliss-reactive ketones (excluding diaryl/α,β-unsaturated/α-hetero) is 1. The lowest BCUT2D eigenvalue weighted by Gasteiger charge is -2.23. The second kappa shape index (κ2) is 8.56. The van der Waals surface area contributed by atoms with Crippen molar-refractivity contribution in [3.63, 3.8) is 0 Å². The summed E-state index contributed by atoms with van der Waals surface area (Å²) in [5.41, 5.74) is -0.0589. The summed E-state index contributed by atoms with van der Waals surface area (Å²) < 4.78 is 14.4. The molecule has 1 aromatic carbocycles. The summed E-state index contributed by atoms with van der Waals surface area (Å²) >= 11 is 11.5. The molecule has 2 heterocycles. The Labute approximate surface area is 170 Å². The van der Waals surface area contributed by atoms with Crippen LogP contribution >= 0.6 is 23.2 Å². The van der Waals surface area contributed by atoms with Gasteiger partial charge in [-0.25, -0.2) is 9.37 Å². The maximum absolute atomic E-state index is 14.4. The number of hydrogen-bond donors (Lipinski definition) is 2. The van der Waals surface area contributed by atoms with Crippen molar-refractivity contribution < 1.29 is 14.3 Å². The molecule has 2 N–H and O–H groups in total. The number of carbonyl (C=O) groups excluding carboxylic acids is 1. The molecule has 0 saturated heterocycles. The number of aliphatic hydroxyl groups is 1. The van der Waals surface area contributed by atoms with Crippen molar-refractivity contribution in [2.75, 3.05) is 0 Å². The summed E-state index contributed by atoms with van der Waals surface area (Å²) in [6, 6.07) is 9.79. The third-order valence-corrected chi connectivity index (χ3v) is 4.63. The van der Waals surface area contributed by atoms with Gasteiger partial charge in [0.1, 0.15) is 11.0 Å². The standard InChI is InChI=1S/C20H14Cl2FN3O2/c21-13-4-5-14(15(23)8-13)18(24)17(19(27)11-2-1-7-25-9-11)20(28)12-3-6-16(22)26-10-12/h1-10,17,19,24,27H. The van der Waals surface area contributed by atoms with Crippen LogP contribution in [0, 0.1) is 17.1 Å². The van der Waals surface area contributed by atoms with Crippen LogP contribution in [0.4, 0.5) is 4.39 Å². The van der Waals surface area contributed by atoms with E-state index in [0.717, 1.165) is 6.07 Å². The van der Waals surface area contributed by atoms with Crippen LogP contribution in [0.25, 0.3) is 0 Å². The number of rotatable bonds is 6. The van der Waals surface area contributed by atoms with Gasteiger partial charge in [-0.15, -0.1) is 0 Å². The molecule has 5 nitrogen and oxygen atoms in total. The maximum atomic E-state index is 14.4. The third kappa shape index (κ3) is 4.25. The lowest BCUT2D eigenvalue weighted by Crippen LogP contribution is -2.31. The van der Waals surface area contributed by atoms with Gasteiger partial charge in [0.05, 0.1) is 17.7 Å². The van der Waals surface area contributed by atoms with Crippen LogP contribution in [0.3, 0.4) is 0 Å². The van der Waals surface area contributed by atoms with E-state index in [0.29, 0.717) is 5.56 Å². The molecule has 0 amide bonds. The Morgan fingerprint density at radius 1 is 1.14 bits per heavy atom. The highest BCUT2D eigenvalue weighted by Crippen LogP contribution is 2.30. The number of benzene rings is 1. The highest BCUT2D eigenvalue weighted by atomic mass is 35.5. The summed E-state index contributed by atoms with van der Waals surface area (Å²) in [6.07, 6.45) is 2.73. The van der Waals surface area contributed by atoms with Gasteiger partial charge in [-0.1, -0.05) is 29.3 Å². The summed E-state index contributed by atoms with van der Waals surface area (Å²) in [6.45, 7) is 0. The fourth-order valence-corrected chi connectivity index (χ4v) is 3.02. The number of hydrogen-bond acceptors (Lipinski definition) is 5. The second-order valence-corrected chi connectivity index (χ2v) is 6.80. The summed E-state index contributed by atoms with van der Waals surface area (Å²) in [5, 5.41) is 19.7. The van der Waals surface area contributed by atoms with Gasteiger partial charge in [0.15, 0.2) is 5.78 Å². The molecule has 3 aromatic rings. The van der Waals surface area contributed by atoms with Gasteiger partial charge in [0.2, 0.25) is 0 Å². The van der Waals surface area contributed by atoms with E-state index in [1.807, 2.05) is 0 Å². The minimum absolute atomic E-state index is 0.132. The first kappa shape index (κ1) is 20.1. The number of ketones is 1. The molecule has 0 spiro atoms. The van der Waals surface area contributed by atoms with Crippen LogP contribution in [0.5, 0.6) is 0 Å². The van der Waals surface area contributed by atoms with E-state index in [2.05, 4.69) is 9.97 Å². The van der Waals surface area contributed by atoms with Gasteiger partial charge < -0.3 is 10.5 Å². The molecular weight excluding hydrogens is 404 g/mol. The first-order valence-electron chi connectivity index (χ1n) is 8.16. The number of carbonyl (C=O) groups is 1. The molecule has 2 unspecified atom stereocenters. The molecular formula is C20H14Cl2FN3O2. The summed E-state index contributed by atoms with van der Waals surface area (Å²) in [4.78, 5) is 20.9. The molecule has 2 atom stereocenters. The maximum Gasteiger partial charge on any atom is 0.176 e. The molecule has 8 heteroatoms. The normalized spacial score (nSPS) is 13.0. The van der Waals surface area contributed by atoms with Gasteiger partial charge in [-0.2, -0.15) is 0 Å². The summed E-state index contributed by atoms with van der Waals surface area (Å²) in [5.74, 6) is -2.74. The highest BCUT2D eigenvalue weighted by molar-refractivity contribution is 6.31. The number of aromatic nitrogens is 2. The largest absolute Gasteiger partial charge is 0.387 e. The predicted octanol–water partition coefficient (Wildman–Crippen LogP) is 4.52. The lowest BCUT2D eigenvalue weighted by molar-refractivity contribution is 0.0792. The molecule has 0 aliphatic carbocycles. The van der Waals surface area contributed by atoms with E-state index >= 15 is 0 Å². The average molecular weight is 418 g/mol. The average Bonchev–Trinajstić information content (AvgIpc) is 2.69. The van der Waals surface area contributed by atoms with E-state index < -0.39 is 23.6 Å². The Morgan fingerprint density at radius 2 is 1.93 bits per heavy atom. The number of halogens is 3. The van der Waals surface area contributed by atoms with E-state index in [4.69, 9.17) is 28.6 Å². The SMILES string of the molecule is N=C(c1ccc(Cl)cc1F)C(C(=O)c1ccc(Cl)nc1)C(O)c1cccnc1. The molecule has 28 heavy (non-hydrogen) atoms. The van der Waals surface area contributed by atoms with Gasteiger partial charge in [0.25, 0.3) is 0 Å². The van der Waals surface area contributed by atoms with Crippen molar-refractivity contribution in [3.8, 4) is 0 Å². The predicted molar refractivity (Wildman–Crippen MR) is 105 cm³/mol. The van der Waals surface area contributed by atoms with Gasteiger partial charge in [-0.05, 0) is 42.0 Å². The third-order valence-electron chi connectivity index (χ3n) is 4.17. The smallest absolute Gasteiger partial charge is 0.176 e. The van der Waals surface area contributed by atoms with E-state index in [1.165, 1.54) is 42.9 Å². The molecule has 3 rings (SSSR count). The molecule has 0 bridgehead atoms. The number of nitrogens with zero attached hydrogens (tertiary/aromatic N) is 2. The van der Waals surface area contributed by atoms with Crippen LogP contribution in [-0.4, -0.2) is 26.6 Å². The Hall–Kier alpha value is -2.67. The van der Waals surface area contributed by atoms with Crippen molar-refractivity contribution in [2.24, 2.45) is 5.92 Å². The van der Waals surface area contributed by atoms with Crippen LogP contribution in [-0.2, 0) is 0 Å². The molecule has 142 valence electrons. The van der Waals surface area contributed by atoms with Crippen molar-refractivity contribution in [1.29, 1.82) is 5.41 Å². The van der Waals surface area contributed by atoms with Gasteiger partial charge in [0, 0.05) is 34.7 Å². The van der Waals surface area contributed by atoms with E-state index in [1.54, 1.807) is 12.1 Å². The van der Waals surface area contributed by atoms with Crippen molar-refractivity contribution >= 4 is 34.7 Å². The summed E-state index contributed by atoms with van der Waals surface area (Å²) in [7, 11) is 0. The van der Waals surface area contributed by atoms with Gasteiger partial charge in [-0.3, -0.25) is 9.78 Å². The highest BCUT2D eigenvalue weighted by Gasteiger charge is 2.34. The quantitative estimate of drug-likeness (QED) is 0.350. The molecule has 0 saturated carbocycles. The minimum atomic E-state index is -1.42. The minimum Gasteiger partial charge on any atom is -0.387 e. The van der Waals surface area contributed by atoms with E-state index in [9.17, 15) is 14.3 Å². The van der Waals surface area contributed by atoms with Crippen molar-refractivity contribution in [2.45, 2.75) is 6.10 Å². The van der Waals surface area contributed by atoms with Crippen LogP contribution in [0.2, 0.25) is 10.2 Å². The number of aliphatic hydroxyl groups excluding tert-OH is 1. The van der Waals surface area contributed by atoms with Crippen LogP contribution in [0.15, 0.2) is 61.1 Å². The fraction of sp³-hybridized carbons (Fsp3) is 0.100. The molecule has 0 aliphatic rings. The zero-order valence-corrected chi connectivity index (χ0v) is 15.8. The van der Waals surface area contributed by atoms with Crippen molar-refractivity contribution in [1.82, 2.24) is 9.97 Å². The lowest BCUT2D eigenvalue weighted by atomic mass is 9.83. The molecule has 0 aliphatic heterocycles. The zero-order chi connectivity index (χ0) is 20.3. The van der Waals surface area contributed by atoms with Crippen molar-refractivity contribution in [3.05, 3.63) is 93.7 Å². The number of pyridine rings is 2. The molecule has 0 fully saturated rings. The molecule has 0 radical (unpaired) electrons. The molecule has 2 aromatic heterocycles. The van der Waals surface area contributed by atoms with Gasteiger partial charge >= 0.3 is 0 Å². The first-order chi connectivity index (χ1) is 13.4. The van der Waals surface area contributed by atoms with Crippen LogP contribution in [0.1, 0.15) is 27.6 Å². The fourth-order valence-electron chi connectivity index (χ4n) is 2.75. The monoisotopic (exact) mass is 417 g/mol. The Bertz CT molecular complexity index is 1010. The first-order valence-corrected chi connectivity index (χ1v) is 8.91. The zero-order valence-electron chi connectivity index (χ0n) is 14.3. The topological polar surface area (TPSA) is 86.9 Å². The Kier molecular flexibility index (Phi) is 6.14. The number of nitrogens with one attached hydrogen (secondary N) is 1.